The minimum absolute atomic E-state index is 0.0949. The molecule has 0 aliphatic rings. The van der Waals surface area contributed by atoms with Gasteiger partial charge >= 0.3 is 0 Å². The van der Waals surface area contributed by atoms with Gasteiger partial charge in [-0.2, -0.15) is 0 Å². The van der Waals surface area contributed by atoms with Gasteiger partial charge in [-0.15, -0.1) is 5.10 Å². The Balaban J connectivity index is 2.38. The van der Waals surface area contributed by atoms with Crippen molar-refractivity contribution in [3.05, 3.63) is 23.8 Å². The third kappa shape index (κ3) is 3.39. The van der Waals surface area contributed by atoms with Crippen molar-refractivity contribution < 1.29 is 4.74 Å². The maximum absolute atomic E-state index is 5.99. The molecule has 2 N–H and O–H groups in total. The van der Waals surface area contributed by atoms with E-state index in [0.717, 1.165) is 22.6 Å². The van der Waals surface area contributed by atoms with Crippen molar-refractivity contribution in [3.8, 4) is 11.4 Å². The van der Waals surface area contributed by atoms with Gasteiger partial charge in [-0.1, -0.05) is 26.0 Å². The Kier molecular flexibility index (Phi) is 4.90. The Hall–Kier alpha value is -1.95. The minimum atomic E-state index is 0.0949. The van der Waals surface area contributed by atoms with E-state index in [1.165, 1.54) is 0 Å². The van der Waals surface area contributed by atoms with Gasteiger partial charge in [0.25, 0.3) is 0 Å². The second-order valence-electron chi connectivity index (χ2n) is 5.49. The fraction of sp³-hybridized carbons (Fsp3) is 0.533. The van der Waals surface area contributed by atoms with E-state index < -0.39 is 0 Å². The lowest BCUT2D eigenvalue weighted by atomic mass is 10.0. The van der Waals surface area contributed by atoms with Crippen LogP contribution in [0, 0.1) is 12.8 Å². The SMILES string of the molecule is CCOCC(C(C)C)n1nnnc1-c1ccc(C)c(N)c1. The van der Waals surface area contributed by atoms with Crippen molar-refractivity contribution in [2.75, 3.05) is 18.9 Å². The van der Waals surface area contributed by atoms with Gasteiger partial charge in [0.05, 0.1) is 12.6 Å². The molecule has 21 heavy (non-hydrogen) atoms. The highest BCUT2D eigenvalue weighted by Crippen LogP contribution is 2.26. The molecule has 6 nitrogen and oxygen atoms in total. The highest BCUT2D eigenvalue weighted by Gasteiger charge is 2.22. The van der Waals surface area contributed by atoms with Gasteiger partial charge in [0, 0.05) is 17.9 Å². The van der Waals surface area contributed by atoms with Crippen LogP contribution >= 0.6 is 0 Å². The Bertz CT molecular complexity index is 593. The first-order valence-electron chi connectivity index (χ1n) is 7.26. The van der Waals surface area contributed by atoms with Crippen molar-refractivity contribution in [2.24, 2.45) is 5.92 Å². The second-order valence-corrected chi connectivity index (χ2v) is 5.49. The standard InChI is InChI=1S/C15H23N5O/c1-5-21-9-14(10(2)3)20-15(17-18-19-20)12-7-6-11(4)13(16)8-12/h6-8,10,14H,5,9,16H2,1-4H3. The molecule has 0 amide bonds. The minimum Gasteiger partial charge on any atom is -0.398 e. The summed E-state index contributed by atoms with van der Waals surface area (Å²) < 4.78 is 7.41. The van der Waals surface area contributed by atoms with Crippen LogP contribution in [0.1, 0.15) is 32.4 Å². The molecule has 1 heterocycles. The number of ether oxygens (including phenoxy) is 1. The highest BCUT2D eigenvalue weighted by atomic mass is 16.5. The predicted molar refractivity (Wildman–Crippen MR) is 82.8 cm³/mol. The number of nitrogens with two attached hydrogens (primary N) is 1. The van der Waals surface area contributed by atoms with Crippen molar-refractivity contribution in [2.45, 2.75) is 33.7 Å². The molecule has 1 aromatic carbocycles. The predicted octanol–water partition coefficient (Wildman–Crippen LogP) is 2.46. The zero-order valence-corrected chi connectivity index (χ0v) is 13.1. The normalized spacial score (nSPS) is 12.8. The molecule has 114 valence electrons. The largest absolute Gasteiger partial charge is 0.398 e. The highest BCUT2D eigenvalue weighted by molar-refractivity contribution is 5.63. The zero-order chi connectivity index (χ0) is 15.4. The summed E-state index contributed by atoms with van der Waals surface area (Å²) in [6.45, 7) is 9.51. The fourth-order valence-corrected chi connectivity index (χ4v) is 2.17. The summed E-state index contributed by atoms with van der Waals surface area (Å²) in [5.74, 6) is 1.08. The van der Waals surface area contributed by atoms with Gasteiger partial charge in [0.1, 0.15) is 0 Å². The molecule has 1 unspecified atom stereocenters. The van der Waals surface area contributed by atoms with Gasteiger partial charge < -0.3 is 10.5 Å². The van der Waals surface area contributed by atoms with Crippen LogP contribution in [0.2, 0.25) is 0 Å². The summed E-state index contributed by atoms with van der Waals surface area (Å²) >= 11 is 0. The third-order valence-electron chi connectivity index (χ3n) is 3.61. The molecular weight excluding hydrogens is 266 g/mol. The van der Waals surface area contributed by atoms with Crippen LogP contribution in [0.4, 0.5) is 5.69 Å². The average Bonchev–Trinajstić information content (AvgIpc) is 2.91. The number of aryl methyl sites for hydroxylation is 1. The van der Waals surface area contributed by atoms with Crippen LogP contribution in [0.3, 0.4) is 0 Å². The maximum atomic E-state index is 5.99. The number of nitrogens with zero attached hydrogens (tertiary/aromatic N) is 4. The van der Waals surface area contributed by atoms with Crippen LogP contribution < -0.4 is 5.73 Å². The molecule has 0 saturated heterocycles. The molecule has 0 saturated carbocycles. The molecule has 2 aromatic rings. The number of anilines is 1. The molecule has 1 aromatic heterocycles. The summed E-state index contributed by atoms with van der Waals surface area (Å²) in [4.78, 5) is 0. The van der Waals surface area contributed by atoms with Gasteiger partial charge in [0.15, 0.2) is 5.82 Å². The summed E-state index contributed by atoms with van der Waals surface area (Å²) in [5, 5.41) is 12.1. The van der Waals surface area contributed by atoms with E-state index in [4.69, 9.17) is 10.5 Å². The van der Waals surface area contributed by atoms with E-state index in [1.54, 1.807) is 0 Å². The molecule has 0 aliphatic carbocycles. The van der Waals surface area contributed by atoms with E-state index in [0.29, 0.717) is 19.1 Å². The molecule has 0 radical (unpaired) electrons. The molecule has 0 fully saturated rings. The topological polar surface area (TPSA) is 78.8 Å². The van der Waals surface area contributed by atoms with E-state index in [9.17, 15) is 0 Å². The summed E-state index contributed by atoms with van der Waals surface area (Å²) in [5.41, 5.74) is 8.70. The number of nitrogen functional groups attached to an aromatic ring is 1. The van der Waals surface area contributed by atoms with Gasteiger partial charge in [0.2, 0.25) is 0 Å². The van der Waals surface area contributed by atoms with Crippen LogP contribution in [0.15, 0.2) is 18.2 Å². The second kappa shape index (κ2) is 6.67. The van der Waals surface area contributed by atoms with Crippen molar-refractivity contribution in [1.82, 2.24) is 20.2 Å². The van der Waals surface area contributed by atoms with Gasteiger partial charge in [-0.25, -0.2) is 4.68 Å². The fourth-order valence-electron chi connectivity index (χ4n) is 2.17. The number of benzene rings is 1. The van der Waals surface area contributed by atoms with Crippen molar-refractivity contribution >= 4 is 5.69 Å². The van der Waals surface area contributed by atoms with Gasteiger partial charge in [-0.3, -0.25) is 0 Å². The molecule has 6 heteroatoms. The molecule has 0 bridgehead atoms. The van der Waals surface area contributed by atoms with E-state index in [1.807, 2.05) is 36.7 Å². The number of aromatic nitrogens is 4. The number of tetrazole rings is 1. The Morgan fingerprint density at radius 2 is 2.10 bits per heavy atom. The van der Waals surface area contributed by atoms with Crippen LogP contribution in [0.25, 0.3) is 11.4 Å². The lowest BCUT2D eigenvalue weighted by Crippen LogP contribution is -2.23. The van der Waals surface area contributed by atoms with Crippen LogP contribution in [-0.4, -0.2) is 33.4 Å². The summed E-state index contributed by atoms with van der Waals surface area (Å²) in [6, 6.07) is 5.98. The molecule has 2 rings (SSSR count). The number of rotatable bonds is 6. The van der Waals surface area contributed by atoms with Gasteiger partial charge in [-0.05, 0) is 41.8 Å². The zero-order valence-electron chi connectivity index (χ0n) is 13.1. The van der Waals surface area contributed by atoms with Crippen LogP contribution in [-0.2, 0) is 4.74 Å². The Morgan fingerprint density at radius 1 is 1.33 bits per heavy atom. The Morgan fingerprint density at radius 3 is 2.71 bits per heavy atom. The van der Waals surface area contributed by atoms with Crippen LogP contribution in [0.5, 0.6) is 0 Å². The summed E-state index contributed by atoms with van der Waals surface area (Å²) in [6.07, 6.45) is 0. The third-order valence-corrected chi connectivity index (χ3v) is 3.61. The Labute approximate surface area is 125 Å². The van der Waals surface area contributed by atoms with Crippen molar-refractivity contribution in [3.63, 3.8) is 0 Å². The van der Waals surface area contributed by atoms with Crippen molar-refractivity contribution in [1.29, 1.82) is 0 Å². The molecule has 0 spiro atoms. The monoisotopic (exact) mass is 289 g/mol. The number of hydrogen-bond donors (Lipinski definition) is 1. The molecule has 0 aliphatic heterocycles. The first kappa shape index (κ1) is 15.4. The van der Waals surface area contributed by atoms with E-state index in [2.05, 4.69) is 29.4 Å². The lowest BCUT2D eigenvalue weighted by Gasteiger charge is -2.21. The first-order chi connectivity index (χ1) is 10.0. The smallest absolute Gasteiger partial charge is 0.182 e. The average molecular weight is 289 g/mol. The first-order valence-corrected chi connectivity index (χ1v) is 7.26. The summed E-state index contributed by atoms with van der Waals surface area (Å²) in [7, 11) is 0. The van der Waals surface area contributed by atoms with E-state index >= 15 is 0 Å². The molecular formula is C15H23N5O. The van der Waals surface area contributed by atoms with E-state index in [-0.39, 0.29) is 6.04 Å². The quantitative estimate of drug-likeness (QED) is 0.826. The number of hydrogen-bond acceptors (Lipinski definition) is 5. The molecule has 1 atom stereocenters. The lowest BCUT2D eigenvalue weighted by molar-refractivity contribution is 0.0913. The maximum Gasteiger partial charge on any atom is 0.182 e.